The van der Waals surface area contributed by atoms with Gasteiger partial charge in [0.2, 0.25) is 5.82 Å². The van der Waals surface area contributed by atoms with Crippen molar-refractivity contribution in [2.24, 2.45) is 5.73 Å². The van der Waals surface area contributed by atoms with Crippen LogP contribution in [0, 0.1) is 21.4 Å². The van der Waals surface area contributed by atoms with Gasteiger partial charge < -0.3 is 11.1 Å². The van der Waals surface area contributed by atoms with Gasteiger partial charge in [-0.2, -0.15) is 5.26 Å². The minimum atomic E-state index is -0.611. The van der Waals surface area contributed by atoms with Crippen molar-refractivity contribution < 1.29 is 4.92 Å². The fourth-order valence-corrected chi connectivity index (χ4v) is 1.28. The average molecular weight is 235 g/mol. The van der Waals surface area contributed by atoms with Crippen LogP contribution in [-0.2, 0) is 0 Å². The van der Waals surface area contributed by atoms with Crippen LogP contribution in [0.2, 0.25) is 0 Å². The summed E-state index contributed by atoms with van der Waals surface area (Å²) in [6.07, 6.45) is 2.02. The number of nitrogens with one attached hydrogen (secondary N) is 1. The molecule has 1 unspecified atom stereocenters. The van der Waals surface area contributed by atoms with Crippen molar-refractivity contribution in [1.29, 1.82) is 5.26 Å². The number of nitriles is 1. The lowest BCUT2D eigenvalue weighted by Crippen LogP contribution is -2.19. The van der Waals surface area contributed by atoms with Crippen molar-refractivity contribution in [3.8, 4) is 6.07 Å². The molecular formula is C10H13N5O2. The first kappa shape index (κ1) is 12.9. The molecule has 0 aliphatic heterocycles. The number of nitrogens with zero attached hydrogens (tertiary/aromatic N) is 3. The third kappa shape index (κ3) is 3.39. The second-order valence-electron chi connectivity index (χ2n) is 3.62. The summed E-state index contributed by atoms with van der Waals surface area (Å²) in [5, 5.41) is 22.4. The zero-order valence-electron chi connectivity index (χ0n) is 9.38. The van der Waals surface area contributed by atoms with Gasteiger partial charge in [-0.3, -0.25) is 10.1 Å². The van der Waals surface area contributed by atoms with E-state index in [-0.39, 0.29) is 23.1 Å². The van der Waals surface area contributed by atoms with Gasteiger partial charge in [0, 0.05) is 18.8 Å². The molecule has 0 radical (unpaired) electrons. The number of hydrogen-bond acceptors (Lipinski definition) is 6. The molecule has 0 bridgehead atoms. The molecular weight excluding hydrogens is 222 g/mol. The van der Waals surface area contributed by atoms with Gasteiger partial charge in [0.1, 0.15) is 11.6 Å². The van der Waals surface area contributed by atoms with E-state index in [4.69, 9.17) is 11.0 Å². The van der Waals surface area contributed by atoms with Gasteiger partial charge in [-0.1, -0.05) is 0 Å². The Labute approximate surface area is 98.4 Å². The molecule has 1 aromatic heterocycles. The first-order chi connectivity index (χ1) is 8.06. The minimum Gasteiger partial charge on any atom is -0.364 e. The van der Waals surface area contributed by atoms with Crippen molar-refractivity contribution >= 4 is 11.5 Å². The van der Waals surface area contributed by atoms with E-state index < -0.39 is 4.92 Å². The monoisotopic (exact) mass is 235 g/mol. The Balaban J connectivity index is 2.92. The van der Waals surface area contributed by atoms with Gasteiger partial charge in [0.25, 0.3) is 0 Å². The maximum Gasteiger partial charge on any atom is 0.328 e. The van der Waals surface area contributed by atoms with Crippen molar-refractivity contribution in [1.82, 2.24) is 4.98 Å². The highest BCUT2D eigenvalue weighted by molar-refractivity contribution is 5.63. The predicted octanol–water partition coefficient (Wildman–Crippen LogP) is 1.01. The summed E-state index contributed by atoms with van der Waals surface area (Å²) in [6, 6.07) is 3.09. The van der Waals surface area contributed by atoms with E-state index in [1.807, 2.05) is 6.92 Å². The molecule has 7 heteroatoms. The quantitative estimate of drug-likeness (QED) is 0.580. The summed E-state index contributed by atoms with van der Waals surface area (Å²) >= 11 is 0. The van der Waals surface area contributed by atoms with Crippen molar-refractivity contribution in [3.05, 3.63) is 27.9 Å². The van der Waals surface area contributed by atoms with Gasteiger partial charge in [-0.15, -0.1) is 0 Å². The molecule has 1 heterocycles. The average Bonchev–Trinajstić information content (AvgIpc) is 2.27. The van der Waals surface area contributed by atoms with Crippen LogP contribution in [0.3, 0.4) is 0 Å². The summed E-state index contributed by atoms with van der Waals surface area (Å²) in [6.45, 7) is 2.32. The number of nitro groups is 1. The maximum absolute atomic E-state index is 10.8. The van der Waals surface area contributed by atoms with Crippen LogP contribution < -0.4 is 11.1 Å². The molecule has 0 amide bonds. The zero-order chi connectivity index (χ0) is 12.8. The number of rotatable bonds is 5. The topological polar surface area (TPSA) is 118 Å². The molecule has 90 valence electrons. The van der Waals surface area contributed by atoms with Crippen molar-refractivity contribution in [2.75, 3.05) is 11.9 Å². The Bertz CT molecular complexity index is 452. The Morgan fingerprint density at radius 1 is 1.76 bits per heavy atom. The second kappa shape index (κ2) is 5.77. The zero-order valence-corrected chi connectivity index (χ0v) is 9.38. The number of anilines is 1. The summed E-state index contributed by atoms with van der Waals surface area (Å²) in [7, 11) is 0. The highest BCUT2D eigenvalue weighted by Crippen LogP contribution is 2.25. The van der Waals surface area contributed by atoms with E-state index in [0.29, 0.717) is 13.0 Å². The lowest BCUT2D eigenvalue weighted by molar-refractivity contribution is -0.384. The fraction of sp³-hybridized carbons (Fsp3) is 0.400. The van der Waals surface area contributed by atoms with Gasteiger partial charge >= 0.3 is 5.69 Å². The van der Waals surface area contributed by atoms with Crippen molar-refractivity contribution in [3.63, 3.8) is 0 Å². The van der Waals surface area contributed by atoms with Crippen LogP contribution >= 0.6 is 0 Å². The summed E-state index contributed by atoms with van der Waals surface area (Å²) < 4.78 is 0. The third-order valence-corrected chi connectivity index (χ3v) is 2.12. The van der Waals surface area contributed by atoms with E-state index in [1.54, 1.807) is 6.07 Å². The highest BCUT2D eigenvalue weighted by atomic mass is 16.6. The SMILES string of the molecule is CC(N)CCNc1nccc(C#N)c1[N+](=O)[O-]. The fourth-order valence-electron chi connectivity index (χ4n) is 1.28. The molecule has 0 spiro atoms. The Morgan fingerprint density at radius 3 is 3.00 bits per heavy atom. The van der Waals surface area contributed by atoms with Crippen molar-refractivity contribution in [2.45, 2.75) is 19.4 Å². The van der Waals surface area contributed by atoms with E-state index in [1.165, 1.54) is 12.3 Å². The molecule has 0 aliphatic rings. The first-order valence-corrected chi connectivity index (χ1v) is 5.09. The maximum atomic E-state index is 10.8. The van der Waals surface area contributed by atoms with Gasteiger partial charge in [-0.25, -0.2) is 4.98 Å². The van der Waals surface area contributed by atoms with E-state index in [9.17, 15) is 10.1 Å². The molecule has 0 saturated carbocycles. The van der Waals surface area contributed by atoms with Crippen LogP contribution in [0.5, 0.6) is 0 Å². The molecule has 1 aromatic rings. The largest absolute Gasteiger partial charge is 0.364 e. The molecule has 1 atom stereocenters. The molecule has 0 fully saturated rings. The summed E-state index contributed by atoms with van der Waals surface area (Å²) in [5.74, 6) is 0.106. The lowest BCUT2D eigenvalue weighted by atomic mass is 10.2. The molecule has 0 saturated heterocycles. The lowest BCUT2D eigenvalue weighted by Gasteiger charge is -2.08. The van der Waals surface area contributed by atoms with Crippen LogP contribution in [0.25, 0.3) is 0 Å². The van der Waals surface area contributed by atoms with Crippen LogP contribution in [0.4, 0.5) is 11.5 Å². The van der Waals surface area contributed by atoms with E-state index in [0.717, 1.165) is 0 Å². The predicted molar refractivity (Wildman–Crippen MR) is 62.4 cm³/mol. The standard InChI is InChI=1S/C10H13N5O2/c1-7(12)2-4-13-10-9(15(16)17)8(6-11)3-5-14-10/h3,5,7H,2,4,12H2,1H3,(H,13,14). The van der Waals surface area contributed by atoms with Crippen LogP contribution in [-0.4, -0.2) is 22.5 Å². The van der Waals surface area contributed by atoms with Crippen LogP contribution in [0.15, 0.2) is 12.3 Å². The van der Waals surface area contributed by atoms with Crippen LogP contribution in [0.1, 0.15) is 18.9 Å². The minimum absolute atomic E-state index is 0.000653. The highest BCUT2D eigenvalue weighted by Gasteiger charge is 2.20. The Kier molecular flexibility index (Phi) is 4.37. The number of hydrogen-bond donors (Lipinski definition) is 2. The number of nitrogens with two attached hydrogens (primary N) is 1. The first-order valence-electron chi connectivity index (χ1n) is 5.09. The summed E-state index contributed by atoms with van der Waals surface area (Å²) in [4.78, 5) is 14.1. The normalized spacial score (nSPS) is 11.6. The van der Waals surface area contributed by atoms with E-state index >= 15 is 0 Å². The number of pyridine rings is 1. The Morgan fingerprint density at radius 2 is 2.47 bits per heavy atom. The molecule has 7 nitrogen and oxygen atoms in total. The van der Waals surface area contributed by atoms with Gasteiger partial charge in [-0.05, 0) is 19.4 Å². The van der Waals surface area contributed by atoms with Gasteiger partial charge in [0.15, 0.2) is 0 Å². The molecule has 17 heavy (non-hydrogen) atoms. The summed E-state index contributed by atoms with van der Waals surface area (Å²) in [5.41, 5.74) is 5.27. The molecule has 0 aliphatic carbocycles. The smallest absolute Gasteiger partial charge is 0.328 e. The Hall–Kier alpha value is -2.20. The molecule has 1 rings (SSSR count). The molecule has 0 aromatic carbocycles. The third-order valence-electron chi connectivity index (χ3n) is 2.12. The second-order valence-corrected chi connectivity index (χ2v) is 3.62. The van der Waals surface area contributed by atoms with Gasteiger partial charge in [0.05, 0.1) is 4.92 Å². The van der Waals surface area contributed by atoms with E-state index in [2.05, 4.69) is 10.3 Å². The molecule has 3 N–H and O–H groups in total. The number of aromatic nitrogens is 1.